The Labute approximate surface area is 156 Å². The van der Waals surface area contributed by atoms with E-state index in [2.05, 4.69) is 38.6 Å². The van der Waals surface area contributed by atoms with Gasteiger partial charge in [0.05, 0.1) is 23.1 Å². The minimum Gasteiger partial charge on any atom is -0.349 e. The first kappa shape index (κ1) is 19.0. The average molecular weight is 414 g/mol. The summed E-state index contributed by atoms with van der Waals surface area (Å²) in [7, 11) is 0. The van der Waals surface area contributed by atoms with Crippen LogP contribution in [0.5, 0.6) is 0 Å². The highest BCUT2D eigenvalue weighted by Gasteiger charge is 2.24. The van der Waals surface area contributed by atoms with Crippen LogP contribution >= 0.6 is 28.3 Å². The van der Waals surface area contributed by atoms with Crippen LogP contribution in [-0.2, 0) is 0 Å². The first-order chi connectivity index (χ1) is 11.1. The van der Waals surface area contributed by atoms with Gasteiger partial charge in [-0.15, -0.1) is 12.4 Å². The molecule has 2 aromatic rings. The molecule has 1 saturated heterocycles. The predicted molar refractivity (Wildman–Crippen MR) is 101 cm³/mol. The van der Waals surface area contributed by atoms with Gasteiger partial charge in [0.1, 0.15) is 0 Å². The molecule has 2 unspecified atom stereocenters. The van der Waals surface area contributed by atoms with Crippen LogP contribution in [0.4, 0.5) is 0 Å². The van der Waals surface area contributed by atoms with E-state index in [9.17, 15) is 4.79 Å². The van der Waals surface area contributed by atoms with Gasteiger partial charge in [-0.25, -0.2) is 4.68 Å². The van der Waals surface area contributed by atoms with Gasteiger partial charge in [0.25, 0.3) is 5.91 Å². The lowest BCUT2D eigenvalue weighted by molar-refractivity contribution is 0.0913. The number of halogens is 2. The molecule has 3 rings (SSSR count). The lowest BCUT2D eigenvalue weighted by Crippen LogP contribution is -2.48. The van der Waals surface area contributed by atoms with Crippen molar-refractivity contribution in [1.29, 1.82) is 0 Å². The van der Waals surface area contributed by atoms with E-state index >= 15 is 0 Å². The third kappa shape index (κ3) is 3.99. The number of benzene rings is 1. The van der Waals surface area contributed by atoms with Crippen LogP contribution in [0.15, 0.2) is 34.9 Å². The van der Waals surface area contributed by atoms with Gasteiger partial charge in [-0.3, -0.25) is 4.79 Å². The van der Waals surface area contributed by atoms with Crippen molar-refractivity contribution in [2.75, 3.05) is 13.1 Å². The van der Waals surface area contributed by atoms with E-state index < -0.39 is 0 Å². The van der Waals surface area contributed by atoms with Crippen LogP contribution in [-0.4, -0.2) is 34.8 Å². The molecule has 1 aliphatic heterocycles. The van der Waals surface area contributed by atoms with Gasteiger partial charge in [0.15, 0.2) is 0 Å². The Bertz CT molecular complexity index is 718. The van der Waals surface area contributed by atoms with Gasteiger partial charge in [0, 0.05) is 10.5 Å². The zero-order chi connectivity index (χ0) is 16.4. The number of nitrogens with zero attached hydrogens (tertiary/aromatic N) is 2. The topological polar surface area (TPSA) is 59.0 Å². The van der Waals surface area contributed by atoms with Crippen molar-refractivity contribution in [3.8, 4) is 5.69 Å². The molecule has 2 heterocycles. The molecule has 2 atom stereocenters. The number of rotatable bonds is 3. The summed E-state index contributed by atoms with van der Waals surface area (Å²) < 4.78 is 2.78. The molecule has 1 aromatic carbocycles. The molecule has 1 aliphatic rings. The van der Waals surface area contributed by atoms with E-state index in [4.69, 9.17) is 0 Å². The second-order valence-corrected chi connectivity index (χ2v) is 7.00. The molecule has 7 heteroatoms. The molecule has 130 valence electrons. The number of piperidine rings is 1. The van der Waals surface area contributed by atoms with Crippen molar-refractivity contribution >= 4 is 34.2 Å². The average Bonchev–Trinajstić information content (AvgIpc) is 2.91. The van der Waals surface area contributed by atoms with Crippen LogP contribution in [0, 0.1) is 12.8 Å². The predicted octanol–water partition coefficient (Wildman–Crippen LogP) is 3.09. The van der Waals surface area contributed by atoms with Crippen LogP contribution < -0.4 is 10.6 Å². The molecular formula is C17H22BrClN4O. The minimum absolute atomic E-state index is 0. The highest BCUT2D eigenvalue weighted by molar-refractivity contribution is 9.10. The van der Waals surface area contributed by atoms with Crippen molar-refractivity contribution in [1.82, 2.24) is 20.4 Å². The summed E-state index contributed by atoms with van der Waals surface area (Å²) in [4.78, 5) is 12.6. The number of amides is 1. The van der Waals surface area contributed by atoms with Gasteiger partial charge in [0.2, 0.25) is 0 Å². The van der Waals surface area contributed by atoms with Crippen molar-refractivity contribution in [2.45, 2.75) is 26.3 Å². The molecule has 0 spiro atoms. The number of hydrogen-bond acceptors (Lipinski definition) is 3. The third-order valence-corrected chi connectivity index (χ3v) is 4.90. The summed E-state index contributed by atoms with van der Waals surface area (Å²) in [5, 5.41) is 10.9. The normalized spacial score (nSPS) is 20.3. The summed E-state index contributed by atoms with van der Waals surface area (Å²) in [5.74, 6) is 0.399. The largest absolute Gasteiger partial charge is 0.349 e. The molecule has 0 bridgehead atoms. The Kier molecular flexibility index (Phi) is 6.43. The van der Waals surface area contributed by atoms with Crippen molar-refractivity contribution < 1.29 is 4.79 Å². The van der Waals surface area contributed by atoms with Crippen molar-refractivity contribution in [2.24, 2.45) is 5.92 Å². The number of carbonyl (C=O) groups excluding carboxylic acids is 1. The zero-order valence-electron chi connectivity index (χ0n) is 13.8. The standard InChI is InChI=1S/C17H21BrN4O.ClH/c1-11-9-19-7-6-16(11)21-17(23)15-10-20-22(12(15)2)14-5-3-4-13(18)8-14;/h3-5,8,10-11,16,19H,6-7,9H2,1-2H3,(H,21,23);1H. The van der Waals surface area contributed by atoms with E-state index in [1.165, 1.54) is 0 Å². The first-order valence-corrected chi connectivity index (χ1v) is 8.67. The number of nitrogens with one attached hydrogen (secondary N) is 2. The first-order valence-electron chi connectivity index (χ1n) is 7.88. The molecule has 2 N–H and O–H groups in total. The Hall–Kier alpha value is -1.37. The highest BCUT2D eigenvalue weighted by atomic mass is 79.9. The molecule has 24 heavy (non-hydrogen) atoms. The molecule has 0 saturated carbocycles. The van der Waals surface area contributed by atoms with E-state index in [-0.39, 0.29) is 24.4 Å². The Morgan fingerprint density at radius 2 is 2.25 bits per heavy atom. The van der Waals surface area contributed by atoms with Gasteiger partial charge in [-0.1, -0.05) is 28.9 Å². The quantitative estimate of drug-likeness (QED) is 0.813. The fourth-order valence-corrected chi connectivity index (χ4v) is 3.36. The molecule has 5 nitrogen and oxygen atoms in total. The molecular weight excluding hydrogens is 392 g/mol. The maximum atomic E-state index is 12.6. The third-order valence-electron chi connectivity index (χ3n) is 4.41. The summed E-state index contributed by atoms with van der Waals surface area (Å²) in [6.07, 6.45) is 2.61. The van der Waals surface area contributed by atoms with E-state index in [0.29, 0.717) is 11.5 Å². The highest BCUT2D eigenvalue weighted by Crippen LogP contribution is 2.19. The van der Waals surface area contributed by atoms with E-state index in [1.54, 1.807) is 10.9 Å². The van der Waals surface area contributed by atoms with Crippen molar-refractivity contribution in [3.05, 3.63) is 46.2 Å². The number of aromatic nitrogens is 2. The van der Waals surface area contributed by atoms with Gasteiger partial charge < -0.3 is 10.6 Å². The van der Waals surface area contributed by atoms with Gasteiger partial charge in [-0.05, 0) is 50.6 Å². The molecule has 1 amide bonds. The van der Waals surface area contributed by atoms with E-state index in [1.807, 2.05) is 31.2 Å². The van der Waals surface area contributed by atoms with Crippen LogP contribution in [0.1, 0.15) is 29.4 Å². The lowest BCUT2D eigenvalue weighted by atomic mass is 9.95. The summed E-state index contributed by atoms with van der Waals surface area (Å²) in [5.41, 5.74) is 2.42. The molecule has 0 radical (unpaired) electrons. The summed E-state index contributed by atoms with van der Waals surface area (Å²) in [6, 6.07) is 8.10. The van der Waals surface area contributed by atoms with Crippen LogP contribution in [0.25, 0.3) is 5.69 Å². The smallest absolute Gasteiger partial charge is 0.254 e. The molecule has 0 aliphatic carbocycles. The Morgan fingerprint density at radius 3 is 2.96 bits per heavy atom. The van der Waals surface area contributed by atoms with Gasteiger partial charge >= 0.3 is 0 Å². The fraction of sp³-hybridized carbons (Fsp3) is 0.412. The monoisotopic (exact) mass is 412 g/mol. The summed E-state index contributed by atoms with van der Waals surface area (Å²) >= 11 is 3.47. The van der Waals surface area contributed by atoms with Crippen LogP contribution in [0.3, 0.4) is 0 Å². The number of carbonyl (C=O) groups is 1. The molecule has 1 fully saturated rings. The summed E-state index contributed by atoms with van der Waals surface area (Å²) in [6.45, 7) is 5.98. The minimum atomic E-state index is -0.0394. The van der Waals surface area contributed by atoms with E-state index in [0.717, 1.165) is 35.4 Å². The second kappa shape index (κ2) is 8.14. The van der Waals surface area contributed by atoms with Crippen molar-refractivity contribution in [3.63, 3.8) is 0 Å². The zero-order valence-corrected chi connectivity index (χ0v) is 16.2. The van der Waals surface area contributed by atoms with Gasteiger partial charge in [-0.2, -0.15) is 5.10 Å². The lowest BCUT2D eigenvalue weighted by Gasteiger charge is -2.30. The maximum absolute atomic E-state index is 12.6. The maximum Gasteiger partial charge on any atom is 0.254 e. The van der Waals surface area contributed by atoms with Crippen LogP contribution in [0.2, 0.25) is 0 Å². The fourth-order valence-electron chi connectivity index (χ4n) is 2.98. The Morgan fingerprint density at radius 1 is 1.46 bits per heavy atom. The second-order valence-electron chi connectivity index (χ2n) is 6.09. The number of hydrogen-bond donors (Lipinski definition) is 2. The molecule has 1 aromatic heterocycles. The SMILES string of the molecule is Cc1c(C(=O)NC2CCNCC2C)cnn1-c1cccc(Br)c1.Cl. The Balaban J connectivity index is 0.00000208.